The van der Waals surface area contributed by atoms with Gasteiger partial charge in [0.05, 0.1) is 19.3 Å². The number of carbonyl (C=O) groups is 3. The highest BCUT2D eigenvalue weighted by atomic mass is 32.1. The van der Waals surface area contributed by atoms with Crippen molar-refractivity contribution in [3.8, 4) is 11.5 Å². The summed E-state index contributed by atoms with van der Waals surface area (Å²) in [5.74, 6) is -0.178. The molecule has 1 aromatic heterocycles. The minimum atomic E-state index is -0.412. The Morgan fingerprint density at radius 3 is 2.66 bits per heavy atom. The van der Waals surface area contributed by atoms with E-state index in [4.69, 9.17) is 14.2 Å². The lowest BCUT2D eigenvalue weighted by Crippen LogP contribution is -2.21. The monoisotopic (exact) mass is 417 g/mol. The number of carbonyl (C=O) groups excluding carboxylic acids is 3. The summed E-state index contributed by atoms with van der Waals surface area (Å²) in [6.45, 7) is 3.22. The summed E-state index contributed by atoms with van der Waals surface area (Å²) in [5.41, 5.74) is 1.93. The molecule has 1 aromatic carbocycles. The van der Waals surface area contributed by atoms with Crippen LogP contribution in [0.25, 0.3) is 0 Å². The Hall–Kier alpha value is -2.87. The van der Waals surface area contributed by atoms with Gasteiger partial charge >= 0.3 is 5.97 Å². The molecule has 1 N–H and O–H groups in total. The van der Waals surface area contributed by atoms with Crippen molar-refractivity contribution in [2.75, 3.05) is 25.6 Å². The van der Waals surface area contributed by atoms with Crippen molar-refractivity contribution < 1.29 is 28.6 Å². The molecule has 0 atom stereocenters. The van der Waals surface area contributed by atoms with Gasteiger partial charge in [-0.05, 0) is 56.9 Å². The summed E-state index contributed by atoms with van der Waals surface area (Å²) >= 11 is 1.42. The van der Waals surface area contributed by atoms with Gasteiger partial charge in [-0.15, -0.1) is 11.3 Å². The number of benzene rings is 1. The van der Waals surface area contributed by atoms with Gasteiger partial charge in [-0.3, -0.25) is 9.59 Å². The molecule has 0 radical (unpaired) electrons. The fraction of sp³-hybridized carbons (Fsp3) is 0.381. The molecule has 2 aromatic rings. The summed E-state index contributed by atoms with van der Waals surface area (Å²) in [6, 6.07) is 4.77. The molecule has 8 heteroatoms. The average Bonchev–Trinajstić information content (AvgIpc) is 3.26. The van der Waals surface area contributed by atoms with E-state index in [9.17, 15) is 14.4 Å². The van der Waals surface area contributed by atoms with E-state index in [1.54, 1.807) is 25.1 Å². The normalized spacial score (nSPS) is 12.2. The van der Waals surface area contributed by atoms with Crippen LogP contribution in [0.15, 0.2) is 18.2 Å². The first-order valence-corrected chi connectivity index (χ1v) is 10.2. The molecular weight excluding hydrogens is 394 g/mol. The smallest absolute Gasteiger partial charge is 0.341 e. The van der Waals surface area contributed by atoms with Crippen LogP contribution >= 0.6 is 11.3 Å². The number of nitrogens with one attached hydrogen (secondary N) is 1. The fourth-order valence-electron chi connectivity index (χ4n) is 3.22. The molecule has 0 bridgehead atoms. The number of esters is 1. The molecule has 0 aliphatic heterocycles. The summed E-state index contributed by atoms with van der Waals surface area (Å²) in [7, 11) is 1.46. The minimum absolute atomic E-state index is 0.0927. The van der Waals surface area contributed by atoms with E-state index in [2.05, 4.69) is 5.32 Å². The highest BCUT2D eigenvalue weighted by molar-refractivity contribution is 7.17. The maximum absolute atomic E-state index is 12.4. The van der Waals surface area contributed by atoms with Crippen molar-refractivity contribution in [1.82, 2.24) is 0 Å². The summed E-state index contributed by atoms with van der Waals surface area (Å²) in [5, 5.41) is 3.28. The lowest BCUT2D eigenvalue weighted by atomic mass is 10.1. The first-order valence-electron chi connectivity index (χ1n) is 9.37. The second kappa shape index (κ2) is 9.09. The van der Waals surface area contributed by atoms with Crippen molar-refractivity contribution in [1.29, 1.82) is 0 Å². The molecule has 0 saturated carbocycles. The Morgan fingerprint density at radius 1 is 1.17 bits per heavy atom. The molecule has 7 nitrogen and oxygen atoms in total. The summed E-state index contributed by atoms with van der Waals surface area (Å²) in [4.78, 5) is 37.4. The molecule has 1 heterocycles. The number of amides is 1. The van der Waals surface area contributed by atoms with Crippen LogP contribution in [0.5, 0.6) is 11.5 Å². The van der Waals surface area contributed by atoms with Crippen LogP contribution < -0.4 is 14.8 Å². The number of aryl methyl sites for hydroxylation is 1. The molecule has 0 unspecified atom stereocenters. The van der Waals surface area contributed by atoms with Gasteiger partial charge in [0.25, 0.3) is 5.91 Å². The highest BCUT2D eigenvalue weighted by Crippen LogP contribution is 2.39. The van der Waals surface area contributed by atoms with Crippen LogP contribution in [-0.2, 0) is 22.4 Å². The Kier molecular flexibility index (Phi) is 6.53. The molecular formula is C21H23NO6S. The van der Waals surface area contributed by atoms with E-state index < -0.39 is 11.9 Å². The summed E-state index contributed by atoms with van der Waals surface area (Å²) < 4.78 is 16.0. The Bertz CT molecular complexity index is 949. The van der Waals surface area contributed by atoms with Gasteiger partial charge in [-0.1, -0.05) is 0 Å². The van der Waals surface area contributed by atoms with E-state index in [0.717, 1.165) is 29.7 Å². The molecule has 0 saturated heterocycles. The number of Topliss-reactive ketones (excluding diaryl/α,β-unsaturated/α-hetero) is 1. The van der Waals surface area contributed by atoms with Gasteiger partial charge in [0.1, 0.15) is 5.00 Å². The number of hydrogen-bond acceptors (Lipinski definition) is 7. The van der Waals surface area contributed by atoms with Crippen LogP contribution in [0.2, 0.25) is 0 Å². The largest absolute Gasteiger partial charge is 0.493 e. The third-order valence-corrected chi connectivity index (χ3v) is 5.79. The van der Waals surface area contributed by atoms with Crippen molar-refractivity contribution in [2.45, 2.75) is 33.1 Å². The average molecular weight is 417 g/mol. The second-order valence-electron chi connectivity index (χ2n) is 6.54. The van der Waals surface area contributed by atoms with Gasteiger partial charge in [0.2, 0.25) is 0 Å². The number of ketones is 1. The number of anilines is 1. The second-order valence-corrected chi connectivity index (χ2v) is 7.65. The zero-order valence-electron chi connectivity index (χ0n) is 16.6. The predicted octanol–water partition coefficient (Wildman–Crippen LogP) is 3.64. The van der Waals surface area contributed by atoms with Gasteiger partial charge in [-0.25, -0.2) is 4.79 Å². The molecule has 1 aliphatic rings. The Morgan fingerprint density at radius 2 is 1.97 bits per heavy atom. The topological polar surface area (TPSA) is 90.9 Å². The quantitative estimate of drug-likeness (QED) is 0.521. The molecule has 1 aliphatic carbocycles. The third-order valence-electron chi connectivity index (χ3n) is 4.58. The van der Waals surface area contributed by atoms with Crippen molar-refractivity contribution in [2.24, 2.45) is 0 Å². The number of rotatable bonds is 8. The Labute approximate surface area is 173 Å². The predicted molar refractivity (Wildman–Crippen MR) is 109 cm³/mol. The maximum Gasteiger partial charge on any atom is 0.341 e. The number of fused-ring (bicyclic) bond motifs is 1. The van der Waals surface area contributed by atoms with Crippen LogP contribution in [0.4, 0.5) is 5.00 Å². The maximum atomic E-state index is 12.4. The van der Waals surface area contributed by atoms with Crippen molar-refractivity contribution in [3.05, 3.63) is 39.8 Å². The lowest BCUT2D eigenvalue weighted by Gasteiger charge is -2.12. The summed E-state index contributed by atoms with van der Waals surface area (Å²) in [6.07, 6.45) is 2.71. The van der Waals surface area contributed by atoms with Crippen molar-refractivity contribution >= 4 is 34.0 Å². The standard InChI is InChI=1S/C21H23NO6S/c1-4-27-21(25)19-14-6-5-7-17(14)29-20(19)22-18(24)11-28-15-9-8-13(12(2)23)10-16(15)26-3/h8-10H,4-7,11H2,1-3H3,(H,22,24). The third kappa shape index (κ3) is 4.59. The van der Waals surface area contributed by atoms with Crippen molar-refractivity contribution in [3.63, 3.8) is 0 Å². The SMILES string of the molecule is CCOC(=O)c1c(NC(=O)COc2ccc(C(C)=O)cc2OC)sc2c1CCC2. The van der Waals surface area contributed by atoms with Gasteiger partial charge < -0.3 is 19.5 Å². The van der Waals surface area contributed by atoms with Crippen LogP contribution in [0.1, 0.15) is 51.4 Å². The van der Waals surface area contributed by atoms with E-state index in [1.807, 2.05) is 0 Å². The molecule has 0 fully saturated rings. The van der Waals surface area contributed by atoms with Crippen LogP contribution in [0.3, 0.4) is 0 Å². The van der Waals surface area contributed by atoms with Gasteiger partial charge in [0, 0.05) is 10.4 Å². The molecule has 0 spiro atoms. The molecule has 154 valence electrons. The number of thiophene rings is 1. The van der Waals surface area contributed by atoms with Gasteiger partial charge in [-0.2, -0.15) is 0 Å². The van der Waals surface area contributed by atoms with E-state index in [1.165, 1.54) is 25.4 Å². The fourth-order valence-corrected chi connectivity index (χ4v) is 4.52. The first-order chi connectivity index (χ1) is 13.9. The van der Waals surface area contributed by atoms with Gasteiger partial charge in [0.15, 0.2) is 23.9 Å². The first kappa shape index (κ1) is 20.9. The van der Waals surface area contributed by atoms with E-state index >= 15 is 0 Å². The molecule has 29 heavy (non-hydrogen) atoms. The molecule has 1 amide bonds. The number of ether oxygens (including phenoxy) is 3. The zero-order valence-corrected chi connectivity index (χ0v) is 17.4. The van der Waals surface area contributed by atoms with Crippen LogP contribution in [0, 0.1) is 0 Å². The number of methoxy groups -OCH3 is 1. The van der Waals surface area contributed by atoms with E-state index in [0.29, 0.717) is 27.6 Å². The highest BCUT2D eigenvalue weighted by Gasteiger charge is 2.28. The zero-order chi connectivity index (χ0) is 21.0. The number of hydrogen-bond donors (Lipinski definition) is 1. The lowest BCUT2D eigenvalue weighted by molar-refractivity contribution is -0.118. The molecule has 3 rings (SSSR count). The van der Waals surface area contributed by atoms with E-state index in [-0.39, 0.29) is 19.0 Å². The minimum Gasteiger partial charge on any atom is -0.493 e. The Balaban J connectivity index is 1.71. The van der Waals surface area contributed by atoms with Crippen LogP contribution in [-0.4, -0.2) is 38.0 Å².